The molecule has 3 aromatic heterocycles. The van der Waals surface area contributed by atoms with Crippen LogP contribution in [0, 0.1) is 23.7 Å². The van der Waals surface area contributed by atoms with Crippen molar-refractivity contribution in [2.24, 2.45) is 23.7 Å². The summed E-state index contributed by atoms with van der Waals surface area (Å²) < 4.78 is 8.30. The highest BCUT2D eigenvalue weighted by atomic mass is 16.5. The van der Waals surface area contributed by atoms with Crippen LogP contribution in [0.3, 0.4) is 0 Å². The van der Waals surface area contributed by atoms with E-state index < -0.39 is 5.41 Å². The molecule has 5 amide bonds. The van der Waals surface area contributed by atoms with Gasteiger partial charge in [-0.25, -0.2) is 15.0 Å². The van der Waals surface area contributed by atoms with Crippen LogP contribution in [-0.2, 0) is 34.1 Å². The van der Waals surface area contributed by atoms with E-state index in [1.165, 1.54) is 19.3 Å². The third-order valence-corrected chi connectivity index (χ3v) is 18.8. The van der Waals surface area contributed by atoms with Gasteiger partial charge in [0.25, 0.3) is 0 Å². The van der Waals surface area contributed by atoms with Gasteiger partial charge < -0.3 is 39.1 Å². The largest absolute Gasteiger partial charge is 0.381 e. The molecule has 74 heavy (non-hydrogen) atoms. The molecule has 0 radical (unpaired) electrons. The maximum Gasteiger partial charge on any atom is 0.238 e. The van der Waals surface area contributed by atoms with Crippen LogP contribution in [-0.4, -0.2) is 147 Å². The first-order chi connectivity index (χ1) is 36.0. The minimum Gasteiger partial charge on any atom is -0.381 e. The number of carbonyl (C=O) groups excluding carboxylic acids is 5. The molecule has 17 nitrogen and oxygen atoms in total. The Morgan fingerprint density at radius 2 is 1.57 bits per heavy atom. The Labute approximate surface area is 433 Å². The number of nitrogens with zero attached hydrogens (tertiary/aromatic N) is 9. The van der Waals surface area contributed by atoms with E-state index in [4.69, 9.17) is 14.7 Å². The third kappa shape index (κ3) is 8.44. The fraction of sp³-hybridized carbons (Fsp3) is 0.614. The molecule has 7 aliphatic heterocycles. The van der Waals surface area contributed by atoms with Gasteiger partial charge in [-0.05, 0) is 127 Å². The number of rotatable bonds is 10. The highest BCUT2D eigenvalue weighted by molar-refractivity contribution is 6.09. The summed E-state index contributed by atoms with van der Waals surface area (Å²) >= 11 is 0. The van der Waals surface area contributed by atoms with E-state index >= 15 is 4.79 Å². The maximum atomic E-state index is 15.4. The number of carbonyl (C=O) groups is 5. The van der Waals surface area contributed by atoms with Crippen molar-refractivity contribution in [1.29, 1.82) is 0 Å². The van der Waals surface area contributed by atoms with Crippen LogP contribution in [0.5, 0.6) is 0 Å². The monoisotopic (exact) mass is 1010 g/mol. The highest BCUT2D eigenvalue weighted by Gasteiger charge is 2.57. The molecule has 13 rings (SSSR count). The fourth-order valence-corrected chi connectivity index (χ4v) is 14.3. The number of anilines is 3. The number of imide groups is 1. The minimum atomic E-state index is -0.702. The molecular formula is C57H71N11O6. The number of pyridine rings is 2. The first-order valence-electron chi connectivity index (χ1n) is 28.1. The van der Waals surface area contributed by atoms with Gasteiger partial charge in [0, 0.05) is 105 Å². The summed E-state index contributed by atoms with van der Waals surface area (Å²) in [4.78, 5) is 94.4. The predicted octanol–water partition coefficient (Wildman–Crippen LogP) is 6.03. The van der Waals surface area contributed by atoms with E-state index in [9.17, 15) is 19.2 Å². The second-order valence-corrected chi connectivity index (χ2v) is 23.6. The second-order valence-electron chi connectivity index (χ2n) is 23.6. The number of hydrogen-bond donors (Lipinski definition) is 2. The average Bonchev–Trinajstić information content (AvgIpc) is 4.10. The molecule has 10 heterocycles. The molecular weight excluding hydrogens is 935 g/mol. The predicted molar refractivity (Wildman–Crippen MR) is 279 cm³/mol. The van der Waals surface area contributed by atoms with E-state index in [1.54, 1.807) is 6.20 Å². The molecule has 6 saturated heterocycles. The van der Waals surface area contributed by atoms with Crippen LogP contribution < -0.4 is 20.4 Å². The average molecular weight is 1010 g/mol. The van der Waals surface area contributed by atoms with Gasteiger partial charge in [-0.1, -0.05) is 24.6 Å². The smallest absolute Gasteiger partial charge is 0.238 e. The molecule has 390 valence electrons. The zero-order valence-electron chi connectivity index (χ0n) is 43.1. The topological polar surface area (TPSA) is 178 Å². The number of piperidine rings is 5. The lowest BCUT2D eigenvalue weighted by atomic mass is 9.71. The molecule has 9 aliphatic rings. The third-order valence-electron chi connectivity index (χ3n) is 18.8. The van der Waals surface area contributed by atoms with E-state index in [-0.39, 0.29) is 71.2 Å². The summed E-state index contributed by atoms with van der Waals surface area (Å²) in [6, 6.07) is 13.9. The van der Waals surface area contributed by atoms with Crippen LogP contribution in [0.15, 0.2) is 48.9 Å². The minimum absolute atomic E-state index is 0.0804. The molecule has 1 aromatic carbocycles. The van der Waals surface area contributed by atoms with Crippen molar-refractivity contribution in [2.75, 3.05) is 80.7 Å². The Bertz CT molecular complexity index is 2840. The number of hydrogen-bond acceptors (Lipinski definition) is 12. The Hall–Kier alpha value is -5.94. The van der Waals surface area contributed by atoms with Gasteiger partial charge in [0.1, 0.15) is 11.3 Å². The van der Waals surface area contributed by atoms with Crippen molar-refractivity contribution in [3.63, 3.8) is 0 Å². The van der Waals surface area contributed by atoms with Crippen molar-refractivity contribution in [2.45, 2.75) is 133 Å². The summed E-state index contributed by atoms with van der Waals surface area (Å²) in [6.07, 6.45) is 15.1. The molecule has 2 saturated carbocycles. The molecule has 3 unspecified atom stereocenters. The van der Waals surface area contributed by atoms with Crippen LogP contribution in [0.4, 0.5) is 17.3 Å². The normalized spacial score (nSPS) is 28.4. The van der Waals surface area contributed by atoms with E-state index in [2.05, 4.69) is 73.0 Å². The summed E-state index contributed by atoms with van der Waals surface area (Å²) in [7, 11) is 0. The Balaban J connectivity index is 0.687. The van der Waals surface area contributed by atoms with Gasteiger partial charge in [-0.15, -0.1) is 0 Å². The Morgan fingerprint density at radius 1 is 0.811 bits per heavy atom. The molecule has 17 heteroatoms. The first-order valence-corrected chi connectivity index (χ1v) is 28.1. The van der Waals surface area contributed by atoms with Crippen molar-refractivity contribution in [3.8, 4) is 11.3 Å². The van der Waals surface area contributed by atoms with Gasteiger partial charge in [-0.3, -0.25) is 29.3 Å². The summed E-state index contributed by atoms with van der Waals surface area (Å²) in [5.74, 6) is 0.838. The van der Waals surface area contributed by atoms with Crippen LogP contribution >= 0.6 is 0 Å². The molecule has 2 aliphatic carbocycles. The second kappa shape index (κ2) is 19.0. The van der Waals surface area contributed by atoms with Gasteiger partial charge in [-0.2, -0.15) is 0 Å². The van der Waals surface area contributed by atoms with Crippen molar-refractivity contribution in [3.05, 3.63) is 60.0 Å². The lowest BCUT2D eigenvalue weighted by Crippen LogP contribution is -2.61. The van der Waals surface area contributed by atoms with E-state index in [0.717, 1.165) is 89.5 Å². The quantitative estimate of drug-likeness (QED) is 0.177. The molecule has 2 bridgehead atoms. The molecule has 4 aromatic rings. The van der Waals surface area contributed by atoms with Crippen molar-refractivity contribution < 1.29 is 28.7 Å². The summed E-state index contributed by atoms with van der Waals surface area (Å²) in [5.41, 5.74) is 5.97. The fourth-order valence-electron chi connectivity index (χ4n) is 14.3. The van der Waals surface area contributed by atoms with Crippen molar-refractivity contribution >= 4 is 57.9 Å². The number of amides is 5. The molecule has 2 N–H and O–H groups in total. The van der Waals surface area contributed by atoms with Gasteiger partial charge >= 0.3 is 0 Å². The zero-order chi connectivity index (χ0) is 50.4. The number of imidazole rings is 1. The number of benzene rings is 1. The number of ether oxygens (including phenoxy) is 1. The number of nitrogens with one attached hydrogen (secondary N) is 2. The van der Waals surface area contributed by atoms with Crippen molar-refractivity contribution in [1.82, 2.24) is 39.5 Å². The van der Waals surface area contributed by atoms with Crippen LogP contribution in [0.2, 0.25) is 0 Å². The lowest BCUT2D eigenvalue weighted by Gasteiger charge is -2.49. The summed E-state index contributed by atoms with van der Waals surface area (Å²) in [6.45, 7) is 11.0. The number of fused-ring (bicyclic) bond motifs is 5. The van der Waals surface area contributed by atoms with Gasteiger partial charge in [0.2, 0.25) is 29.5 Å². The summed E-state index contributed by atoms with van der Waals surface area (Å²) in [5, 5.41) is 6.14. The lowest BCUT2D eigenvalue weighted by molar-refractivity contribution is -0.163. The van der Waals surface area contributed by atoms with Gasteiger partial charge in [0.15, 0.2) is 5.82 Å². The Morgan fingerprint density at radius 3 is 2.26 bits per heavy atom. The highest BCUT2D eigenvalue weighted by Crippen LogP contribution is 2.53. The molecule has 8 fully saturated rings. The molecule has 1 spiro atoms. The zero-order valence-corrected chi connectivity index (χ0v) is 43.1. The Kier molecular flexibility index (Phi) is 12.3. The van der Waals surface area contributed by atoms with Gasteiger partial charge in [0.05, 0.1) is 48.0 Å². The van der Waals surface area contributed by atoms with Crippen LogP contribution in [0.25, 0.3) is 22.3 Å². The van der Waals surface area contributed by atoms with E-state index in [0.29, 0.717) is 103 Å². The standard InChI is InChI=1S/C57H71N11O6/c1-34(2)67-33-59-46-27-45(61-52(51(46)67)60-40-8-9-40)36-6-11-44-47(24-36)68(42-25-41(26-42)63-18-4-3-5-19-63)56(73)57(44)16-22-65(23-17-57)55(72)50-38-29-66(30-39(50)32-74-31-38)54(71)35-14-20-64(21-15-35)48-12-7-37(28-58-48)43-10-13-49(69)62-53(43)70/h6-7,11-12,24,27-28,33-35,38-43,50H,3-5,8-10,13-23,25-26,29-32H2,1-2H3,(H,60,61)(H,62,69,70). The van der Waals surface area contributed by atoms with Crippen LogP contribution in [0.1, 0.15) is 120 Å². The first kappa shape index (κ1) is 47.8. The SMILES string of the molecule is CC(C)n1cnc2cc(-c3ccc4c(c3)N(C3CC(N5CCCCC5)C3)C(=O)C43CCN(C(=O)C4C5COCC4CN(C(=O)C4CCN(c6ccc(C7CCC(=O)NC7=O)cn6)CC4)C5)CC3)nc(NC3CC3)c21. The number of aromatic nitrogens is 4. The number of likely N-dealkylation sites (tertiary alicyclic amines) is 3. The maximum absolute atomic E-state index is 15.4. The van der Waals surface area contributed by atoms with E-state index in [1.807, 2.05) is 28.3 Å². The molecule has 3 atom stereocenters.